The highest BCUT2D eigenvalue weighted by molar-refractivity contribution is 5.21. The largest absolute Gasteiger partial charge is 0.388 e. The van der Waals surface area contributed by atoms with Crippen molar-refractivity contribution in [3.8, 4) is 0 Å². The molecule has 128 valence electrons. The molecule has 2 fully saturated rings. The summed E-state index contributed by atoms with van der Waals surface area (Å²) < 4.78 is 5.36. The zero-order chi connectivity index (χ0) is 16.6. The number of hydrogen-bond donors (Lipinski definition) is 1. The van der Waals surface area contributed by atoms with Crippen molar-refractivity contribution in [2.24, 2.45) is 0 Å². The molecule has 0 amide bonds. The van der Waals surface area contributed by atoms with Crippen LogP contribution in [-0.2, 0) is 13.0 Å². The van der Waals surface area contributed by atoms with Crippen molar-refractivity contribution in [2.45, 2.75) is 57.1 Å². The van der Waals surface area contributed by atoms with Crippen LogP contribution in [0.4, 0.5) is 0 Å². The Kier molecular flexibility index (Phi) is 4.10. The average Bonchev–Trinajstić information content (AvgIpc) is 3.30. The number of rotatable bonds is 5. The van der Waals surface area contributed by atoms with E-state index < -0.39 is 5.60 Å². The maximum atomic E-state index is 11.0. The van der Waals surface area contributed by atoms with Gasteiger partial charge < -0.3 is 9.63 Å². The summed E-state index contributed by atoms with van der Waals surface area (Å²) in [6.45, 7) is 4.56. The van der Waals surface area contributed by atoms with Gasteiger partial charge in [0.2, 0.25) is 5.89 Å². The first-order chi connectivity index (χ1) is 11.6. The minimum Gasteiger partial charge on any atom is -0.388 e. The van der Waals surface area contributed by atoms with E-state index in [0.29, 0.717) is 24.8 Å². The molecule has 4 rings (SSSR count). The normalized spacial score (nSPS) is 25.1. The summed E-state index contributed by atoms with van der Waals surface area (Å²) in [6.07, 6.45) is 8.23. The molecule has 1 unspecified atom stereocenters. The summed E-state index contributed by atoms with van der Waals surface area (Å²) >= 11 is 0. The number of hydrogen-bond acceptors (Lipinski definition) is 6. The molecule has 0 radical (unpaired) electrons. The van der Waals surface area contributed by atoms with E-state index in [-0.39, 0.29) is 0 Å². The van der Waals surface area contributed by atoms with Gasteiger partial charge in [-0.15, -0.1) is 0 Å². The maximum absolute atomic E-state index is 11.0. The highest BCUT2D eigenvalue weighted by Gasteiger charge is 2.36. The number of piperidine rings is 1. The molecule has 3 heterocycles. The Balaban J connectivity index is 1.41. The van der Waals surface area contributed by atoms with Crippen molar-refractivity contribution in [3.63, 3.8) is 0 Å². The summed E-state index contributed by atoms with van der Waals surface area (Å²) in [5.74, 6) is 1.87. The van der Waals surface area contributed by atoms with Gasteiger partial charge in [0.25, 0.3) is 0 Å². The lowest BCUT2D eigenvalue weighted by Gasteiger charge is -2.38. The molecule has 1 saturated heterocycles. The molecule has 1 saturated carbocycles. The van der Waals surface area contributed by atoms with Gasteiger partial charge in [-0.3, -0.25) is 9.88 Å². The molecular formula is C18H24N4O2. The molecule has 2 aliphatic rings. The van der Waals surface area contributed by atoms with Gasteiger partial charge in [-0.2, -0.15) is 4.98 Å². The Morgan fingerprint density at radius 2 is 2.29 bits per heavy atom. The Morgan fingerprint density at radius 3 is 3.08 bits per heavy atom. The first-order valence-corrected chi connectivity index (χ1v) is 8.78. The van der Waals surface area contributed by atoms with Gasteiger partial charge in [-0.05, 0) is 56.3 Å². The predicted molar refractivity (Wildman–Crippen MR) is 88.4 cm³/mol. The van der Waals surface area contributed by atoms with Gasteiger partial charge in [0, 0.05) is 31.4 Å². The van der Waals surface area contributed by atoms with Gasteiger partial charge >= 0.3 is 0 Å². The average molecular weight is 328 g/mol. The van der Waals surface area contributed by atoms with Gasteiger partial charge in [0.05, 0.1) is 12.0 Å². The molecule has 6 nitrogen and oxygen atoms in total. The van der Waals surface area contributed by atoms with E-state index in [4.69, 9.17) is 4.52 Å². The van der Waals surface area contributed by atoms with E-state index in [9.17, 15) is 5.11 Å². The third-order valence-corrected chi connectivity index (χ3v) is 5.07. The third kappa shape index (κ3) is 3.49. The maximum Gasteiger partial charge on any atom is 0.229 e. The summed E-state index contributed by atoms with van der Waals surface area (Å²) in [4.78, 5) is 10.9. The Hall–Kier alpha value is -1.79. The Morgan fingerprint density at radius 1 is 1.42 bits per heavy atom. The number of pyridine rings is 1. The number of aliphatic hydroxyl groups is 1. The van der Waals surface area contributed by atoms with E-state index in [1.54, 1.807) is 0 Å². The third-order valence-electron chi connectivity index (χ3n) is 5.07. The van der Waals surface area contributed by atoms with E-state index in [1.165, 1.54) is 11.1 Å². The summed E-state index contributed by atoms with van der Waals surface area (Å²) in [5.41, 5.74) is 1.67. The summed E-state index contributed by atoms with van der Waals surface area (Å²) in [5, 5.41) is 15.1. The molecule has 6 heteroatoms. The molecular weight excluding hydrogens is 304 g/mol. The molecule has 0 bridgehead atoms. The van der Waals surface area contributed by atoms with Crippen LogP contribution in [0.1, 0.15) is 54.4 Å². The highest BCUT2D eigenvalue weighted by Crippen LogP contribution is 2.38. The van der Waals surface area contributed by atoms with Crippen LogP contribution in [0.2, 0.25) is 0 Å². The smallest absolute Gasteiger partial charge is 0.229 e. The molecule has 1 atom stereocenters. The Labute approximate surface area is 141 Å². The number of β-amino-alcohol motifs (C(OH)–C–C–N with tert-alkyl or cyclic N) is 1. The molecule has 24 heavy (non-hydrogen) atoms. The lowest BCUT2D eigenvalue weighted by molar-refractivity contribution is -0.0374. The topological polar surface area (TPSA) is 75.3 Å². The van der Waals surface area contributed by atoms with Gasteiger partial charge in [0.15, 0.2) is 5.82 Å². The highest BCUT2D eigenvalue weighted by atomic mass is 16.5. The molecule has 2 aromatic heterocycles. The van der Waals surface area contributed by atoms with Crippen LogP contribution in [-0.4, -0.2) is 43.8 Å². The minimum absolute atomic E-state index is 0.443. The number of aromatic nitrogens is 3. The first-order valence-electron chi connectivity index (χ1n) is 8.78. The van der Waals surface area contributed by atoms with E-state index in [2.05, 4.69) is 33.0 Å². The van der Waals surface area contributed by atoms with Crippen molar-refractivity contribution < 1.29 is 9.63 Å². The SMILES string of the molecule is Cc1cnccc1CN1CCCC(O)(Cc2nc(C3CC3)no2)C1. The van der Waals surface area contributed by atoms with E-state index in [1.807, 2.05) is 12.4 Å². The van der Waals surface area contributed by atoms with Crippen LogP contribution in [0.15, 0.2) is 23.0 Å². The van der Waals surface area contributed by atoms with Gasteiger partial charge in [-0.1, -0.05) is 5.16 Å². The summed E-state index contributed by atoms with van der Waals surface area (Å²) in [7, 11) is 0. The molecule has 0 aromatic carbocycles. The number of nitrogens with zero attached hydrogens (tertiary/aromatic N) is 4. The number of aryl methyl sites for hydroxylation is 1. The van der Waals surface area contributed by atoms with Crippen LogP contribution in [0, 0.1) is 6.92 Å². The quantitative estimate of drug-likeness (QED) is 0.907. The summed E-state index contributed by atoms with van der Waals surface area (Å²) in [6, 6.07) is 2.06. The first kappa shape index (κ1) is 15.7. The fourth-order valence-electron chi connectivity index (χ4n) is 3.53. The van der Waals surface area contributed by atoms with E-state index in [0.717, 1.165) is 44.6 Å². The second-order valence-corrected chi connectivity index (χ2v) is 7.34. The standard InChI is InChI=1S/C18H24N4O2/c1-13-10-19-7-5-15(13)11-22-8-2-6-18(23,12-22)9-16-20-17(21-24-16)14-3-4-14/h5,7,10,14,23H,2-4,6,8-9,11-12H2,1H3. The lowest BCUT2D eigenvalue weighted by atomic mass is 9.89. The van der Waals surface area contributed by atoms with Crippen molar-refractivity contribution in [1.82, 2.24) is 20.0 Å². The van der Waals surface area contributed by atoms with Crippen LogP contribution in [0.3, 0.4) is 0 Å². The molecule has 2 aromatic rings. The Bertz CT molecular complexity index is 713. The predicted octanol–water partition coefficient (Wildman–Crippen LogP) is 2.22. The van der Waals surface area contributed by atoms with Crippen molar-refractivity contribution in [3.05, 3.63) is 41.3 Å². The second-order valence-electron chi connectivity index (χ2n) is 7.34. The zero-order valence-corrected chi connectivity index (χ0v) is 14.1. The van der Waals surface area contributed by atoms with Gasteiger partial charge in [0.1, 0.15) is 0 Å². The fourth-order valence-corrected chi connectivity index (χ4v) is 3.53. The van der Waals surface area contributed by atoms with Crippen molar-refractivity contribution in [2.75, 3.05) is 13.1 Å². The van der Waals surface area contributed by atoms with Gasteiger partial charge in [-0.25, -0.2) is 0 Å². The van der Waals surface area contributed by atoms with Crippen molar-refractivity contribution >= 4 is 0 Å². The van der Waals surface area contributed by atoms with Crippen LogP contribution in [0.25, 0.3) is 0 Å². The monoisotopic (exact) mass is 328 g/mol. The minimum atomic E-state index is -0.785. The van der Waals surface area contributed by atoms with Crippen LogP contribution >= 0.6 is 0 Å². The molecule has 1 aliphatic carbocycles. The van der Waals surface area contributed by atoms with Crippen LogP contribution in [0.5, 0.6) is 0 Å². The second kappa shape index (κ2) is 6.26. The molecule has 1 N–H and O–H groups in total. The van der Waals surface area contributed by atoms with Crippen molar-refractivity contribution in [1.29, 1.82) is 0 Å². The zero-order valence-electron chi connectivity index (χ0n) is 14.1. The molecule has 1 aliphatic heterocycles. The lowest BCUT2D eigenvalue weighted by Crippen LogP contribution is -2.49. The fraction of sp³-hybridized carbons (Fsp3) is 0.611. The molecule has 0 spiro atoms. The van der Waals surface area contributed by atoms with Crippen LogP contribution < -0.4 is 0 Å². The van der Waals surface area contributed by atoms with E-state index >= 15 is 0 Å². The number of likely N-dealkylation sites (tertiary alicyclic amines) is 1.